The molecule has 0 amide bonds. The lowest BCUT2D eigenvalue weighted by atomic mass is 9.98. The molecule has 3 heterocycles. The molecule has 7 nitrogen and oxygen atoms in total. The third kappa shape index (κ3) is 5.06. The van der Waals surface area contributed by atoms with Crippen LogP contribution in [-0.2, 0) is 17.5 Å². The molecule has 0 saturated heterocycles. The Morgan fingerprint density at radius 1 is 0.972 bits per heavy atom. The molecule has 9 heteroatoms. The van der Waals surface area contributed by atoms with E-state index in [-0.39, 0.29) is 22.7 Å². The fourth-order valence-corrected chi connectivity index (χ4v) is 5.01. The van der Waals surface area contributed by atoms with Gasteiger partial charge in [0.2, 0.25) is 0 Å². The van der Waals surface area contributed by atoms with Gasteiger partial charge >= 0.3 is 0 Å². The maximum atomic E-state index is 13.1. The molecule has 3 aromatic heterocycles. The van der Waals surface area contributed by atoms with Gasteiger partial charge in [0, 0.05) is 29.4 Å². The summed E-state index contributed by atoms with van der Waals surface area (Å²) in [6.07, 6.45) is 0. The van der Waals surface area contributed by atoms with E-state index in [2.05, 4.69) is 14.7 Å². The monoisotopic (exact) mass is 516 g/mol. The molecule has 180 valence electrons. The van der Waals surface area contributed by atoms with E-state index in [1.54, 1.807) is 36.4 Å². The van der Waals surface area contributed by atoms with Crippen LogP contribution in [0.2, 0.25) is 5.15 Å². The Kier molecular flexibility index (Phi) is 6.65. The molecule has 5 rings (SSSR count). The minimum absolute atomic E-state index is 0.155. The van der Waals surface area contributed by atoms with Crippen molar-refractivity contribution in [2.45, 2.75) is 18.5 Å². The lowest BCUT2D eigenvalue weighted by Gasteiger charge is -2.13. The molecule has 3 N–H and O–H groups in total. The first kappa shape index (κ1) is 23.9. The molecule has 5 aromatic rings. The molecule has 0 radical (unpaired) electrons. The van der Waals surface area contributed by atoms with Crippen molar-refractivity contribution in [2.75, 3.05) is 0 Å². The summed E-state index contributed by atoms with van der Waals surface area (Å²) in [4.78, 5) is 25.2. The summed E-state index contributed by atoms with van der Waals surface area (Å²) in [5, 5.41) is 10.4. The van der Waals surface area contributed by atoms with Gasteiger partial charge in [-0.3, -0.25) is 4.79 Å². The number of hydrogen-bond donors (Lipinski definition) is 3. The first-order chi connectivity index (χ1) is 17.4. The number of hydrogen-bond acceptors (Lipinski definition) is 5. The Labute approximate surface area is 214 Å². The first-order valence-corrected chi connectivity index (χ1v) is 12.6. The van der Waals surface area contributed by atoms with E-state index in [0.29, 0.717) is 21.9 Å². The number of rotatable bonds is 6. The molecular formula is C27H21ClN4O3S. The van der Waals surface area contributed by atoms with Crippen LogP contribution in [0.1, 0.15) is 11.3 Å². The Hall–Kier alpha value is -3.85. The number of aromatic amines is 1. The van der Waals surface area contributed by atoms with Crippen molar-refractivity contribution in [1.82, 2.24) is 19.7 Å². The molecule has 1 atom stereocenters. The lowest BCUT2D eigenvalue weighted by molar-refractivity contribution is 0.475. The van der Waals surface area contributed by atoms with Gasteiger partial charge in [0.1, 0.15) is 32.6 Å². The maximum absolute atomic E-state index is 13.1. The van der Waals surface area contributed by atoms with Crippen LogP contribution in [0, 0.1) is 6.92 Å². The van der Waals surface area contributed by atoms with Crippen LogP contribution in [0.5, 0.6) is 5.75 Å². The zero-order valence-electron chi connectivity index (χ0n) is 19.2. The van der Waals surface area contributed by atoms with Crippen molar-refractivity contribution in [1.29, 1.82) is 0 Å². The third-order valence-corrected chi connectivity index (χ3v) is 6.84. The standard InChI is InChI=1S/C27H21ClN4O3S/c1-16-11-19(12-24(28)30-16)21-13-22-23(34)14-25(36(35)29-15-17-7-9-20(33)10-8-17)31-27(22)32-26(21)18-5-3-2-4-6-18/h2-14,29,33H,15H2,1H3,(H,31,32,34). The summed E-state index contributed by atoms with van der Waals surface area (Å²) in [6.45, 7) is 2.14. The minimum Gasteiger partial charge on any atom is -0.508 e. The van der Waals surface area contributed by atoms with Crippen molar-refractivity contribution in [3.63, 3.8) is 0 Å². The summed E-state index contributed by atoms with van der Waals surface area (Å²) in [5.41, 5.74) is 4.66. The molecule has 0 fully saturated rings. The number of aromatic nitrogens is 3. The predicted octanol–water partition coefficient (Wildman–Crippen LogP) is 5.13. The van der Waals surface area contributed by atoms with Gasteiger partial charge in [0.05, 0.1) is 11.1 Å². The summed E-state index contributed by atoms with van der Waals surface area (Å²) in [6, 6.07) is 22.9. The van der Waals surface area contributed by atoms with Gasteiger partial charge < -0.3 is 10.1 Å². The quantitative estimate of drug-likeness (QED) is 0.271. The highest BCUT2D eigenvalue weighted by Crippen LogP contribution is 2.33. The Balaban J connectivity index is 1.59. The second-order valence-electron chi connectivity index (χ2n) is 8.22. The molecule has 36 heavy (non-hydrogen) atoms. The van der Waals surface area contributed by atoms with E-state index in [4.69, 9.17) is 16.6 Å². The van der Waals surface area contributed by atoms with Crippen LogP contribution >= 0.6 is 11.6 Å². The van der Waals surface area contributed by atoms with Crippen molar-refractivity contribution in [3.05, 3.63) is 105 Å². The number of aryl methyl sites for hydroxylation is 1. The van der Waals surface area contributed by atoms with Crippen LogP contribution in [0.4, 0.5) is 0 Å². The topological polar surface area (TPSA) is 108 Å². The highest BCUT2D eigenvalue weighted by Gasteiger charge is 2.16. The van der Waals surface area contributed by atoms with Crippen LogP contribution < -0.4 is 10.2 Å². The summed E-state index contributed by atoms with van der Waals surface area (Å²) in [5.74, 6) is 0.155. The fraction of sp³-hybridized carbons (Fsp3) is 0.0741. The van der Waals surface area contributed by atoms with E-state index in [1.165, 1.54) is 6.07 Å². The predicted molar refractivity (Wildman–Crippen MR) is 142 cm³/mol. The fourth-order valence-electron chi connectivity index (χ4n) is 3.91. The maximum Gasteiger partial charge on any atom is 0.192 e. The number of pyridine rings is 3. The number of benzene rings is 2. The van der Waals surface area contributed by atoms with Gasteiger partial charge in [-0.15, -0.1) is 0 Å². The number of nitrogens with zero attached hydrogens (tertiary/aromatic N) is 2. The van der Waals surface area contributed by atoms with Gasteiger partial charge in [0.25, 0.3) is 0 Å². The number of phenolic OH excluding ortho intramolecular Hbond substituents is 1. The number of halogens is 1. The van der Waals surface area contributed by atoms with Crippen molar-refractivity contribution < 1.29 is 9.32 Å². The molecule has 0 aliphatic rings. The molecule has 0 spiro atoms. The third-order valence-electron chi connectivity index (χ3n) is 5.62. The van der Waals surface area contributed by atoms with Gasteiger partial charge in [-0.1, -0.05) is 54.1 Å². The average Bonchev–Trinajstić information content (AvgIpc) is 2.87. The van der Waals surface area contributed by atoms with E-state index in [9.17, 15) is 14.1 Å². The zero-order valence-corrected chi connectivity index (χ0v) is 20.7. The first-order valence-electron chi connectivity index (χ1n) is 11.1. The second-order valence-corrected chi connectivity index (χ2v) is 9.87. The minimum atomic E-state index is -1.69. The summed E-state index contributed by atoms with van der Waals surface area (Å²) in [7, 11) is -1.69. The van der Waals surface area contributed by atoms with E-state index in [0.717, 1.165) is 27.9 Å². The van der Waals surface area contributed by atoms with Crippen LogP contribution in [-0.4, -0.2) is 24.3 Å². The number of aromatic hydroxyl groups is 1. The van der Waals surface area contributed by atoms with Crippen LogP contribution in [0.3, 0.4) is 0 Å². The van der Waals surface area contributed by atoms with E-state index >= 15 is 0 Å². The van der Waals surface area contributed by atoms with Crippen LogP contribution in [0.15, 0.2) is 88.7 Å². The Bertz CT molecular complexity index is 1630. The molecule has 0 aliphatic carbocycles. The molecule has 1 unspecified atom stereocenters. The average molecular weight is 517 g/mol. The number of H-pyrrole nitrogens is 1. The van der Waals surface area contributed by atoms with Gasteiger partial charge in [-0.05, 0) is 48.4 Å². The highest BCUT2D eigenvalue weighted by molar-refractivity contribution is 7.83. The molecule has 2 aromatic carbocycles. The zero-order chi connectivity index (χ0) is 25.2. The van der Waals surface area contributed by atoms with Crippen molar-refractivity contribution in [2.24, 2.45) is 0 Å². The number of phenols is 1. The SMILES string of the molecule is Cc1cc(-c2cc3c(=O)cc(S(=O)NCc4ccc(O)cc4)[nH]c3nc2-c2ccccc2)cc(Cl)n1. The van der Waals surface area contributed by atoms with Crippen molar-refractivity contribution >= 4 is 33.6 Å². The van der Waals surface area contributed by atoms with Gasteiger partial charge in [0.15, 0.2) is 5.43 Å². The van der Waals surface area contributed by atoms with Gasteiger partial charge in [-0.2, -0.15) is 0 Å². The second kappa shape index (κ2) is 10.0. The van der Waals surface area contributed by atoms with E-state index in [1.807, 2.05) is 43.3 Å². The molecule has 0 saturated carbocycles. The number of nitrogens with one attached hydrogen (secondary N) is 2. The molecule has 0 aliphatic heterocycles. The van der Waals surface area contributed by atoms with E-state index < -0.39 is 11.0 Å². The smallest absolute Gasteiger partial charge is 0.192 e. The Morgan fingerprint density at radius 2 is 1.72 bits per heavy atom. The van der Waals surface area contributed by atoms with Crippen molar-refractivity contribution in [3.8, 4) is 28.1 Å². The number of fused-ring (bicyclic) bond motifs is 1. The largest absolute Gasteiger partial charge is 0.508 e. The molecular weight excluding hydrogens is 496 g/mol. The van der Waals surface area contributed by atoms with Gasteiger partial charge in [-0.25, -0.2) is 18.9 Å². The Morgan fingerprint density at radius 3 is 2.44 bits per heavy atom. The lowest BCUT2D eigenvalue weighted by Crippen LogP contribution is -2.19. The highest BCUT2D eigenvalue weighted by atomic mass is 35.5. The summed E-state index contributed by atoms with van der Waals surface area (Å²) < 4.78 is 15.8. The summed E-state index contributed by atoms with van der Waals surface area (Å²) >= 11 is 6.23. The van der Waals surface area contributed by atoms with Crippen LogP contribution in [0.25, 0.3) is 33.4 Å². The molecule has 0 bridgehead atoms. The normalized spacial score (nSPS) is 12.1.